The molecule has 0 aromatic carbocycles. The van der Waals surface area contributed by atoms with Gasteiger partial charge in [-0.05, 0) is 0 Å². The predicted octanol–water partition coefficient (Wildman–Crippen LogP) is -2.51. The van der Waals surface area contributed by atoms with E-state index in [0.29, 0.717) is 26.7 Å². The molecule has 4 heavy (non-hydrogen) atoms. The second-order valence-electron chi connectivity index (χ2n) is 0. The Morgan fingerprint density at radius 2 is 1.50 bits per heavy atom. The van der Waals surface area contributed by atoms with Crippen LogP contribution in [0.2, 0.25) is 0 Å². The molecular formula is H5AlO2Si. The minimum atomic E-state index is 0.306. The molecule has 24 valence electrons. The van der Waals surface area contributed by atoms with Crippen LogP contribution in [0.15, 0.2) is 0 Å². The van der Waals surface area contributed by atoms with E-state index >= 15 is 0 Å². The SMILES string of the molecule is O[SiH3].[O]=[AlH]. The zero-order chi connectivity index (χ0) is 4.00. The van der Waals surface area contributed by atoms with Crippen LogP contribution in [-0.2, 0) is 3.80 Å². The first kappa shape index (κ1) is 8.82. The topological polar surface area (TPSA) is 37.3 Å². The van der Waals surface area contributed by atoms with Crippen molar-refractivity contribution in [3.05, 3.63) is 0 Å². The van der Waals surface area contributed by atoms with Crippen LogP contribution in [0.1, 0.15) is 0 Å². The normalized spacial score (nSPS) is 3.00. The van der Waals surface area contributed by atoms with E-state index in [0.717, 1.165) is 0 Å². The van der Waals surface area contributed by atoms with Gasteiger partial charge in [0.05, 0.1) is 0 Å². The second kappa shape index (κ2) is 85.2. The van der Waals surface area contributed by atoms with Crippen molar-refractivity contribution in [3.8, 4) is 0 Å². The molecule has 0 aromatic heterocycles. The van der Waals surface area contributed by atoms with Gasteiger partial charge in [-0.3, -0.25) is 0 Å². The van der Waals surface area contributed by atoms with Gasteiger partial charge < -0.3 is 4.80 Å². The molecule has 0 aliphatic rings. The van der Waals surface area contributed by atoms with E-state index in [-0.39, 0.29) is 0 Å². The molecule has 4 heteroatoms. The summed E-state index contributed by atoms with van der Waals surface area (Å²) in [6, 6.07) is 0. The fourth-order valence-electron chi connectivity index (χ4n) is 0. The summed E-state index contributed by atoms with van der Waals surface area (Å²) in [6.45, 7) is 0. The molecule has 1 N–H and O–H groups in total. The van der Waals surface area contributed by atoms with Crippen LogP contribution in [0.4, 0.5) is 0 Å². The third-order valence-electron chi connectivity index (χ3n) is 0. The zero-order valence-corrected chi connectivity index (χ0v) is 5.98. The summed E-state index contributed by atoms with van der Waals surface area (Å²) < 4.78 is 8.28. The van der Waals surface area contributed by atoms with E-state index in [4.69, 9.17) is 8.60 Å². The molecule has 0 saturated heterocycles. The van der Waals surface area contributed by atoms with E-state index in [1.54, 1.807) is 0 Å². The molecule has 2 nitrogen and oxygen atoms in total. The Kier molecular flexibility index (Phi) is 188. The van der Waals surface area contributed by atoms with Gasteiger partial charge in [0.2, 0.25) is 0 Å². The fraction of sp³-hybridized carbons (Fsp3) is 0. The number of hydrogen-bond acceptors (Lipinski definition) is 2. The Bertz CT molecular complexity index is 6.00. The van der Waals surface area contributed by atoms with Gasteiger partial charge in [-0.2, -0.15) is 0 Å². The standard InChI is InChI=1S/Al.H4OSi.O.H/c;1-2;;/h;1H,2H3;;. The third kappa shape index (κ3) is 22.0. The first-order valence-electron chi connectivity index (χ1n) is 0.736. The Balaban J connectivity index is 0. The van der Waals surface area contributed by atoms with E-state index < -0.39 is 0 Å². The molecule has 0 amide bonds. The van der Waals surface area contributed by atoms with E-state index in [1.807, 2.05) is 0 Å². The van der Waals surface area contributed by atoms with E-state index in [2.05, 4.69) is 0 Å². The summed E-state index contributed by atoms with van der Waals surface area (Å²) >= 11 is 0.611. The van der Waals surface area contributed by atoms with E-state index in [1.165, 1.54) is 0 Å². The first-order chi connectivity index (χ1) is 2.00. The maximum atomic E-state index is 8.28. The van der Waals surface area contributed by atoms with Crippen molar-refractivity contribution >= 4 is 26.7 Å². The molecule has 0 bridgehead atoms. The molecule has 0 atom stereocenters. The predicted molar refractivity (Wildman–Crippen MR) is 20.0 cm³/mol. The summed E-state index contributed by atoms with van der Waals surface area (Å²) in [6.07, 6.45) is 0. The number of hydrogen-bond donors (Lipinski definition) is 1. The van der Waals surface area contributed by atoms with Gasteiger partial charge in [-0.15, -0.1) is 0 Å². The van der Waals surface area contributed by atoms with Crippen molar-refractivity contribution < 1.29 is 8.60 Å². The van der Waals surface area contributed by atoms with Crippen molar-refractivity contribution in [2.75, 3.05) is 0 Å². The van der Waals surface area contributed by atoms with Crippen molar-refractivity contribution in [2.24, 2.45) is 0 Å². The molecule has 0 aromatic rings. The summed E-state index contributed by atoms with van der Waals surface area (Å²) in [5.74, 6) is 0. The van der Waals surface area contributed by atoms with Gasteiger partial charge in [0, 0.05) is 0 Å². The van der Waals surface area contributed by atoms with Crippen LogP contribution in [0, 0.1) is 0 Å². The van der Waals surface area contributed by atoms with Crippen molar-refractivity contribution in [2.45, 2.75) is 0 Å². The van der Waals surface area contributed by atoms with Crippen LogP contribution in [0.3, 0.4) is 0 Å². The molecule has 0 heterocycles. The molecule has 0 spiro atoms. The summed E-state index contributed by atoms with van der Waals surface area (Å²) in [5.41, 5.74) is 0. The van der Waals surface area contributed by atoms with Crippen LogP contribution < -0.4 is 0 Å². The Morgan fingerprint density at radius 1 is 1.50 bits per heavy atom. The Morgan fingerprint density at radius 3 is 1.50 bits per heavy atom. The minimum absolute atomic E-state index is 0.306. The van der Waals surface area contributed by atoms with Gasteiger partial charge in [0.15, 0.2) is 0 Å². The van der Waals surface area contributed by atoms with Gasteiger partial charge >= 0.3 is 20.0 Å². The van der Waals surface area contributed by atoms with Gasteiger partial charge in [0.1, 0.15) is 10.5 Å². The Labute approximate surface area is 36.0 Å². The van der Waals surface area contributed by atoms with Gasteiger partial charge in [0.25, 0.3) is 0 Å². The van der Waals surface area contributed by atoms with Crippen LogP contribution >= 0.6 is 0 Å². The quantitative estimate of drug-likeness (QED) is 0.335. The summed E-state index contributed by atoms with van der Waals surface area (Å²) in [7, 11) is 0.306. The van der Waals surface area contributed by atoms with E-state index in [9.17, 15) is 0 Å². The molecule has 0 radical (unpaired) electrons. The summed E-state index contributed by atoms with van der Waals surface area (Å²) in [4.78, 5) is 7.14. The van der Waals surface area contributed by atoms with Gasteiger partial charge in [-0.25, -0.2) is 0 Å². The average Bonchev–Trinajstić information content (AvgIpc) is 1.50. The third-order valence-corrected chi connectivity index (χ3v) is 0. The number of rotatable bonds is 0. The second-order valence-corrected chi connectivity index (χ2v) is 0. The van der Waals surface area contributed by atoms with Crippen LogP contribution in [-0.4, -0.2) is 31.5 Å². The van der Waals surface area contributed by atoms with Crippen molar-refractivity contribution in [3.63, 3.8) is 0 Å². The molecule has 0 unspecified atom stereocenters. The van der Waals surface area contributed by atoms with Crippen molar-refractivity contribution in [1.29, 1.82) is 0 Å². The first-order valence-corrected chi connectivity index (χ1v) is 2.21. The molecule has 0 fully saturated rings. The molecule has 0 aliphatic carbocycles. The maximum absolute atomic E-state index is 8.28. The molecule has 0 aliphatic heterocycles. The Hall–Kier alpha value is 0.509. The van der Waals surface area contributed by atoms with Crippen LogP contribution in [0.5, 0.6) is 0 Å². The van der Waals surface area contributed by atoms with Gasteiger partial charge in [-0.1, -0.05) is 0 Å². The monoisotopic (exact) mass is 92.0 g/mol. The average molecular weight is 92.1 g/mol. The molecule has 0 rings (SSSR count). The summed E-state index contributed by atoms with van der Waals surface area (Å²) in [5, 5.41) is 0. The van der Waals surface area contributed by atoms with Crippen molar-refractivity contribution in [1.82, 2.24) is 0 Å². The zero-order valence-electron chi connectivity index (χ0n) is 2.56. The fourth-order valence-corrected chi connectivity index (χ4v) is 0. The molecule has 0 saturated carbocycles. The molecular weight excluding hydrogens is 87.1 g/mol. The van der Waals surface area contributed by atoms with Crippen LogP contribution in [0.25, 0.3) is 0 Å².